The van der Waals surface area contributed by atoms with Crippen LogP contribution < -0.4 is 0 Å². The Kier molecular flexibility index (Phi) is 3.49. The number of aryl methyl sites for hydroxylation is 1. The number of aromatic amines is 1. The summed E-state index contributed by atoms with van der Waals surface area (Å²) in [6, 6.07) is 5.51. The molecule has 4 aromatic rings. The first-order valence-corrected chi connectivity index (χ1v) is 8.70. The van der Waals surface area contributed by atoms with E-state index in [0.717, 1.165) is 17.0 Å². The van der Waals surface area contributed by atoms with Gasteiger partial charge in [0.2, 0.25) is 0 Å². The number of hydrogen-bond donors (Lipinski definition) is 1. The van der Waals surface area contributed by atoms with Crippen LogP contribution in [-0.2, 0) is 13.6 Å². The van der Waals surface area contributed by atoms with Crippen molar-refractivity contribution in [3.8, 4) is 0 Å². The van der Waals surface area contributed by atoms with Gasteiger partial charge in [0.05, 0.1) is 41.5 Å². The second-order valence-corrected chi connectivity index (χ2v) is 6.68. The van der Waals surface area contributed by atoms with Gasteiger partial charge >= 0.3 is 0 Å². The fourth-order valence-electron chi connectivity index (χ4n) is 3.69. The van der Waals surface area contributed by atoms with Gasteiger partial charge in [-0.1, -0.05) is 6.07 Å². The highest BCUT2D eigenvalue weighted by Gasteiger charge is 2.33. The number of nitrogens with zero attached hydrogens (tertiary/aromatic N) is 6. The molecule has 0 radical (unpaired) electrons. The SMILES string of the molecule is Cn1cc(C2CN(C(=O)c3cccc4nccnc34)Cc3[nH]cnc32)cn1. The number of nitrogens with one attached hydrogen (secondary N) is 1. The van der Waals surface area contributed by atoms with Crippen LogP contribution in [0.15, 0.2) is 49.3 Å². The molecule has 1 aliphatic rings. The molecular weight excluding hydrogens is 342 g/mol. The number of imidazole rings is 1. The van der Waals surface area contributed by atoms with E-state index in [1.807, 2.05) is 36.5 Å². The lowest BCUT2D eigenvalue weighted by Crippen LogP contribution is -2.38. The molecule has 1 amide bonds. The lowest BCUT2D eigenvalue weighted by atomic mass is 9.92. The number of hydrogen-bond acceptors (Lipinski definition) is 5. The third-order valence-corrected chi connectivity index (χ3v) is 4.98. The lowest BCUT2D eigenvalue weighted by molar-refractivity contribution is 0.0723. The summed E-state index contributed by atoms with van der Waals surface area (Å²) in [6.45, 7) is 1.03. The van der Waals surface area contributed by atoms with Crippen molar-refractivity contribution in [2.45, 2.75) is 12.5 Å². The van der Waals surface area contributed by atoms with Crippen molar-refractivity contribution >= 4 is 16.9 Å². The molecule has 0 saturated carbocycles. The summed E-state index contributed by atoms with van der Waals surface area (Å²) in [5.74, 6) is -0.0750. The Morgan fingerprint density at radius 1 is 1.22 bits per heavy atom. The Morgan fingerprint density at radius 3 is 2.96 bits per heavy atom. The van der Waals surface area contributed by atoms with Crippen molar-refractivity contribution in [1.29, 1.82) is 0 Å². The fourth-order valence-corrected chi connectivity index (χ4v) is 3.69. The van der Waals surface area contributed by atoms with Crippen LogP contribution >= 0.6 is 0 Å². The third-order valence-electron chi connectivity index (χ3n) is 4.98. The normalized spacial score (nSPS) is 16.5. The van der Waals surface area contributed by atoms with Gasteiger partial charge < -0.3 is 9.88 Å². The summed E-state index contributed by atoms with van der Waals surface area (Å²) < 4.78 is 1.77. The number of aromatic nitrogens is 6. The summed E-state index contributed by atoms with van der Waals surface area (Å²) in [7, 11) is 1.88. The first kappa shape index (κ1) is 15.7. The van der Waals surface area contributed by atoms with Crippen LogP contribution in [0.4, 0.5) is 0 Å². The van der Waals surface area contributed by atoms with Crippen LogP contribution in [-0.4, -0.2) is 47.1 Å². The number of benzene rings is 1. The van der Waals surface area contributed by atoms with Crippen LogP contribution in [0.2, 0.25) is 0 Å². The van der Waals surface area contributed by atoms with E-state index in [9.17, 15) is 4.79 Å². The molecule has 27 heavy (non-hydrogen) atoms. The van der Waals surface area contributed by atoms with E-state index in [1.165, 1.54) is 0 Å². The molecule has 1 N–H and O–H groups in total. The Labute approximate surface area is 154 Å². The molecule has 0 spiro atoms. The van der Waals surface area contributed by atoms with Crippen molar-refractivity contribution in [2.75, 3.05) is 6.54 Å². The lowest BCUT2D eigenvalue weighted by Gasteiger charge is -2.31. The molecule has 0 aliphatic carbocycles. The van der Waals surface area contributed by atoms with E-state index < -0.39 is 0 Å². The second-order valence-electron chi connectivity index (χ2n) is 6.68. The van der Waals surface area contributed by atoms with Crippen LogP contribution in [0.3, 0.4) is 0 Å². The number of H-pyrrole nitrogens is 1. The van der Waals surface area contributed by atoms with Crippen molar-refractivity contribution < 1.29 is 4.79 Å². The van der Waals surface area contributed by atoms with Gasteiger partial charge in [-0.25, -0.2) is 4.98 Å². The predicted octanol–water partition coefficient (Wildman–Crippen LogP) is 1.87. The van der Waals surface area contributed by atoms with Crippen molar-refractivity contribution in [3.05, 3.63) is 71.8 Å². The molecule has 1 aromatic carbocycles. The van der Waals surface area contributed by atoms with Gasteiger partial charge in [0.15, 0.2) is 0 Å². The van der Waals surface area contributed by atoms with E-state index in [2.05, 4.69) is 25.0 Å². The fraction of sp³-hybridized carbons (Fsp3) is 0.211. The summed E-state index contributed by atoms with van der Waals surface area (Å²) in [6.07, 6.45) is 8.74. The molecular formula is C19H17N7O. The minimum atomic E-state index is -0.0600. The largest absolute Gasteiger partial charge is 0.347 e. The summed E-state index contributed by atoms with van der Waals surface area (Å²) in [4.78, 5) is 31.5. The minimum absolute atomic E-state index is 0.0151. The number of rotatable bonds is 2. The zero-order chi connectivity index (χ0) is 18.4. The second kappa shape index (κ2) is 6.01. The van der Waals surface area contributed by atoms with E-state index in [4.69, 9.17) is 0 Å². The predicted molar refractivity (Wildman–Crippen MR) is 97.9 cm³/mol. The number of para-hydroxylation sites is 1. The highest BCUT2D eigenvalue weighted by molar-refractivity contribution is 6.04. The van der Waals surface area contributed by atoms with Gasteiger partial charge in [-0.05, 0) is 12.1 Å². The topological polar surface area (TPSA) is 92.6 Å². The Balaban J connectivity index is 1.55. The van der Waals surface area contributed by atoms with E-state index >= 15 is 0 Å². The van der Waals surface area contributed by atoms with Gasteiger partial charge in [0.1, 0.15) is 5.52 Å². The highest BCUT2D eigenvalue weighted by atomic mass is 16.2. The molecule has 1 unspecified atom stereocenters. The molecule has 3 aromatic heterocycles. The first-order valence-electron chi connectivity index (χ1n) is 8.70. The quantitative estimate of drug-likeness (QED) is 0.590. The maximum Gasteiger partial charge on any atom is 0.256 e. The molecule has 0 bridgehead atoms. The van der Waals surface area contributed by atoms with Gasteiger partial charge in [-0.2, -0.15) is 5.10 Å². The van der Waals surface area contributed by atoms with Gasteiger partial charge in [-0.3, -0.25) is 19.4 Å². The van der Waals surface area contributed by atoms with Gasteiger partial charge in [0.25, 0.3) is 5.91 Å². The Hall–Kier alpha value is -3.55. The van der Waals surface area contributed by atoms with Gasteiger partial charge in [0, 0.05) is 43.7 Å². The average molecular weight is 359 g/mol. The molecule has 0 fully saturated rings. The van der Waals surface area contributed by atoms with Crippen molar-refractivity contribution in [3.63, 3.8) is 0 Å². The van der Waals surface area contributed by atoms with Crippen LogP contribution in [0.5, 0.6) is 0 Å². The molecule has 5 rings (SSSR count). The smallest absolute Gasteiger partial charge is 0.256 e. The number of amides is 1. The molecule has 8 nitrogen and oxygen atoms in total. The average Bonchev–Trinajstić information content (AvgIpc) is 3.35. The van der Waals surface area contributed by atoms with E-state index in [1.54, 1.807) is 29.5 Å². The Morgan fingerprint density at radius 2 is 2.11 bits per heavy atom. The number of fused-ring (bicyclic) bond motifs is 2. The number of carbonyl (C=O) groups is 1. The first-order chi connectivity index (χ1) is 13.2. The third kappa shape index (κ3) is 2.57. The van der Waals surface area contributed by atoms with Crippen LogP contribution in [0.25, 0.3) is 11.0 Å². The maximum absolute atomic E-state index is 13.3. The maximum atomic E-state index is 13.3. The molecule has 1 atom stereocenters. The van der Waals surface area contributed by atoms with E-state index in [0.29, 0.717) is 29.7 Å². The zero-order valence-corrected chi connectivity index (χ0v) is 14.7. The molecule has 8 heteroatoms. The molecule has 0 saturated heterocycles. The van der Waals surface area contributed by atoms with Crippen molar-refractivity contribution in [1.82, 2.24) is 34.6 Å². The van der Waals surface area contributed by atoms with Crippen molar-refractivity contribution in [2.24, 2.45) is 7.05 Å². The van der Waals surface area contributed by atoms with Crippen LogP contribution in [0.1, 0.15) is 33.2 Å². The number of carbonyl (C=O) groups excluding carboxylic acids is 1. The van der Waals surface area contributed by atoms with Crippen LogP contribution in [0, 0.1) is 0 Å². The standard InChI is InChI=1S/C19H17N7O/c1-25-8-12(7-24-25)14-9-26(10-16-18(14)23-11-22-16)19(27)13-3-2-4-15-17(13)21-6-5-20-15/h2-8,11,14H,9-10H2,1H3,(H,22,23). The Bertz CT molecular complexity index is 1140. The summed E-state index contributed by atoms with van der Waals surface area (Å²) in [5.41, 5.74) is 4.87. The minimum Gasteiger partial charge on any atom is -0.347 e. The monoisotopic (exact) mass is 359 g/mol. The van der Waals surface area contributed by atoms with E-state index in [-0.39, 0.29) is 11.8 Å². The summed E-state index contributed by atoms with van der Waals surface area (Å²) in [5, 5.41) is 4.28. The molecule has 1 aliphatic heterocycles. The highest BCUT2D eigenvalue weighted by Crippen LogP contribution is 2.32. The zero-order valence-electron chi connectivity index (χ0n) is 14.7. The van der Waals surface area contributed by atoms with Gasteiger partial charge in [-0.15, -0.1) is 0 Å². The molecule has 134 valence electrons. The molecule has 4 heterocycles. The summed E-state index contributed by atoms with van der Waals surface area (Å²) >= 11 is 0.